The molecule has 2 aromatic carbocycles. The molecular weight excluding hydrogens is 544 g/mol. The maximum atomic E-state index is 13.5. The zero-order valence-corrected chi connectivity index (χ0v) is 24.6. The van der Waals surface area contributed by atoms with Crippen molar-refractivity contribution in [1.82, 2.24) is 23.7 Å². The van der Waals surface area contributed by atoms with Crippen LogP contribution in [0.4, 0.5) is 11.6 Å². The maximum Gasteiger partial charge on any atom is 0.269 e. The fraction of sp³-hybridized carbons (Fsp3) is 0.345. The molecule has 1 saturated heterocycles. The molecule has 0 radical (unpaired) electrons. The number of hydrogen-bond donors (Lipinski definition) is 1. The predicted octanol–water partition coefficient (Wildman–Crippen LogP) is 3.90. The number of likely N-dealkylation sites (N-methyl/N-ethyl adjacent to an activating group) is 1. The summed E-state index contributed by atoms with van der Waals surface area (Å²) in [5.41, 5.74) is 2.14. The summed E-state index contributed by atoms with van der Waals surface area (Å²) in [5.74, 6) is 0.714. The number of methoxy groups -OCH3 is 1. The number of piperazine rings is 1. The number of aryl methyl sites for hydroxylation is 1. The van der Waals surface area contributed by atoms with E-state index in [2.05, 4.69) is 34.2 Å². The molecule has 0 aliphatic carbocycles. The first-order chi connectivity index (χ1) is 19.6. The fourth-order valence-electron chi connectivity index (χ4n) is 4.75. The maximum absolute atomic E-state index is 13.5. The monoisotopic (exact) mass is 578 g/mol. The molecule has 41 heavy (non-hydrogen) atoms. The standard InChI is InChI=1S/C29H34N6O5S/c1-6-40-27-23-13-14-35(41(37,38)22-10-7-19(2)8-11-22)26(23)31-29(32-27)30-24-12-9-21(17-25(24)39-5)28(36)34-16-15-33(4)20(3)18-34/h7-14,17,20H,6,15-16,18H2,1-5H3,(H,30,31,32). The van der Waals surface area contributed by atoms with Gasteiger partial charge in [0.05, 0.1) is 29.7 Å². The number of nitrogens with one attached hydrogen (secondary N) is 1. The highest BCUT2D eigenvalue weighted by atomic mass is 32.2. The molecule has 2 aromatic heterocycles. The minimum absolute atomic E-state index is 0.0646. The van der Waals surface area contributed by atoms with Gasteiger partial charge in [0.25, 0.3) is 15.9 Å². The molecule has 1 aliphatic rings. The Hall–Kier alpha value is -4.16. The Morgan fingerprint density at radius 1 is 1.10 bits per heavy atom. The second-order valence-electron chi connectivity index (χ2n) is 10.1. The molecule has 3 heterocycles. The molecule has 11 nitrogen and oxygen atoms in total. The summed E-state index contributed by atoms with van der Waals surface area (Å²) in [6, 6.07) is 13.7. The van der Waals surface area contributed by atoms with Gasteiger partial charge in [0.15, 0.2) is 5.65 Å². The molecule has 1 fully saturated rings. The Kier molecular flexibility index (Phi) is 7.87. The van der Waals surface area contributed by atoms with Gasteiger partial charge in [0, 0.05) is 37.4 Å². The molecule has 0 saturated carbocycles. The molecule has 0 bridgehead atoms. The van der Waals surface area contributed by atoms with Crippen LogP contribution in [0.5, 0.6) is 11.6 Å². The van der Waals surface area contributed by atoms with Crippen LogP contribution in [0.15, 0.2) is 59.6 Å². The number of rotatable bonds is 8. The molecule has 4 aromatic rings. The largest absolute Gasteiger partial charge is 0.495 e. The second kappa shape index (κ2) is 11.4. The van der Waals surface area contributed by atoms with Crippen molar-refractivity contribution < 1.29 is 22.7 Å². The van der Waals surface area contributed by atoms with E-state index >= 15 is 0 Å². The van der Waals surface area contributed by atoms with E-state index < -0.39 is 10.0 Å². The minimum atomic E-state index is -3.93. The van der Waals surface area contributed by atoms with Gasteiger partial charge < -0.3 is 24.6 Å². The Labute approximate surface area is 239 Å². The van der Waals surface area contributed by atoms with Crippen molar-refractivity contribution >= 4 is 38.6 Å². The van der Waals surface area contributed by atoms with Gasteiger partial charge in [0.2, 0.25) is 11.8 Å². The van der Waals surface area contributed by atoms with Crippen LogP contribution in [0, 0.1) is 6.92 Å². The summed E-state index contributed by atoms with van der Waals surface area (Å²) in [4.78, 5) is 26.5. The summed E-state index contributed by atoms with van der Waals surface area (Å²) < 4.78 is 39.5. The quantitative estimate of drug-likeness (QED) is 0.332. The number of carbonyl (C=O) groups excluding carboxylic acids is 1. The average molecular weight is 579 g/mol. The van der Waals surface area contributed by atoms with Crippen LogP contribution < -0.4 is 14.8 Å². The zero-order chi connectivity index (χ0) is 29.3. The number of hydrogen-bond acceptors (Lipinski definition) is 9. The van der Waals surface area contributed by atoms with Crippen molar-refractivity contribution in [3.63, 3.8) is 0 Å². The van der Waals surface area contributed by atoms with Crippen LogP contribution in [0.1, 0.15) is 29.8 Å². The highest BCUT2D eigenvalue weighted by Gasteiger charge is 2.26. The van der Waals surface area contributed by atoms with Gasteiger partial charge in [-0.3, -0.25) is 4.79 Å². The smallest absolute Gasteiger partial charge is 0.269 e. The van der Waals surface area contributed by atoms with Crippen molar-refractivity contribution in [3.05, 3.63) is 65.9 Å². The SMILES string of the molecule is CCOc1nc(Nc2ccc(C(=O)N3CCN(C)C(C)C3)cc2OC)nc2c1ccn2S(=O)(=O)c1ccc(C)cc1. The molecule has 5 rings (SSSR count). The van der Waals surface area contributed by atoms with Crippen molar-refractivity contribution in [2.45, 2.75) is 31.7 Å². The second-order valence-corrected chi connectivity index (χ2v) is 11.9. The van der Waals surface area contributed by atoms with Gasteiger partial charge in [0.1, 0.15) is 5.75 Å². The van der Waals surface area contributed by atoms with E-state index in [0.717, 1.165) is 16.1 Å². The minimum Gasteiger partial charge on any atom is -0.495 e. The van der Waals surface area contributed by atoms with E-state index in [0.29, 0.717) is 42.1 Å². The molecule has 12 heteroatoms. The number of carbonyl (C=O) groups is 1. The lowest BCUT2D eigenvalue weighted by molar-refractivity contribution is 0.0572. The summed E-state index contributed by atoms with van der Waals surface area (Å²) >= 11 is 0. The van der Waals surface area contributed by atoms with Crippen molar-refractivity contribution in [3.8, 4) is 11.6 Å². The van der Waals surface area contributed by atoms with Crippen LogP contribution in [0.25, 0.3) is 11.0 Å². The van der Waals surface area contributed by atoms with Crippen molar-refractivity contribution in [2.75, 3.05) is 45.7 Å². The number of aromatic nitrogens is 3. The number of nitrogens with zero attached hydrogens (tertiary/aromatic N) is 5. The lowest BCUT2D eigenvalue weighted by atomic mass is 10.1. The molecule has 1 amide bonds. The van der Waals surface area contributed by atoms with E-state index in [1.54, 1.807) is 48.5 Å². The van der Waals surface area contributed by atoms with E-state index in [1.165, 1.54) is 13.3 Å². The number of fused-ring (bicyclic) bond motifs is 1. The molecule has 216 valence electrons. The van der Waals surface area contributed by atoms with Crippen LogP contribution in [-0.2, 0) is 10.0 Å². The third-order valence-corrected chi connectivity index (χ3v) is 8.96. The van der Waals surface area contributed by atoms with E-state index in [9.17, 15) is 13.2 Å². The molecule has 1 aliphatic heterocycles. The normalized spacial score (nSPS) is 16.1. The Morgan fingerprint density at radius 3 is 2.54 bits per heavy atom. The molecule has 1 unspecified atom stereocenters. The fourth-order valence-corrected chi connectivity index (χ4v) is 6.04. The zero-order valence-electron chi connectivity index (χ0n) is 23.8. The predicted molar refractivity (Wildman–Crippen MR) is 157 cm³/mol. The summed E-state index contributed by atoms with van der Waals surface area (Å²) in [6.07, 6.45) is 1.45. The van der Waals surface area contributed by atoms with Gasteiger partial charge in [-0.1, -0.05) is 17.7 Å². The first kappa shape index (κ1) is 28.4. The highest BCUT2D eigenvalue weighted by molar-refractivity contribution is 7.90. The van der Waals surface area contributed by atoms with Crippen molar-refractivity contribution in [2.24, 2.45) is 0 Å². The van der Waals surface area contributed by atoms with Gasteiger partial charge in [-0.05, 0) is 64.2 Å². The number of anilines is 2. The first-order valence-corrected chi connectivity index (χ1v) is 14.8. The Morgan fingerprint density at radius 2 is 1.85 bits per heavy atom. The highest BCUT2D eigenvalue weighted by Crippen LogP contribution is 2.32. The Balaban J connectivity index is 1.49. The van der Waals surface area contributed by atoms with Gasteiger partial charge in [-0.2, -0.15) is 9.97 Å². The van der Waals surface area contributed by atoms with Gasteiger partial charge in [-0.15, -0.1) is 0 Å². The lowest BCUT2D eigenvalue weighted by Crippen LogP contribution is -2.52. The van der Waals surface area contributed by atoms with E-state index in [4.69, 9.17) is 9.47 Å². The Bertz CT molecular complexity index is 1690. The van der Waals surface area contributed by atoms with E-state index in [1.807, 2.05) is 18.7 Å². The van der Waals surface area contributed by atoms with Crippen LogP contribution in [-0.4, -0.2) is 84.5 Å². The molecule has 1 atom stereocenters. The summed E-state index contributed by atoms with van der Waals surface area (Å²) in [5, 5.41) is 3.58. The summed E-state index contributed by atoms with van der Waals surface area (Å²) in [7, 11) is -0.361. The average Bonchev–Trinajstić information content (AvgIpc) is 3.40. The first-order valence-electron chi connectivity index (χ1n) is 13.4. The van der Waals surface area contributed by atoms with E-state index in [-0.39, 0.29) is 34.3 Å². The van der Waals surface area contributed by atoms with Gasteiger partial charge in [-0.25, -0.2) is 12.4 Å². The summed E-state index contributed by atoms with van der Waals surface area (Å²) in [6.45, 7) is 8.26. The lowest BCUT2D eigenvalue weighted by Gasteiger charge is -2.37. The molecule has 1 N–H and O–H groups in total. The van der Waals surface area contributed by atoms with Crippen LogP contribution in [0.3, 0.4) is 0 Å². The third kappa shape index (κ3) is 5.57. The number of ether oxygens (including phenoxy) is 2. The molecule has 0 spiro atoms. The topological polar surface area (TPSA) is 119 Å². The number of amides is 1. The van der Waals surface area contributed by atoms with Crippen LogP contribution >= 0.6 is 0 Å². The molecular formula is C29H34N6O5S. The van der Waals surface area contributed by atoms with Crippen LogP contribution in [0.2, 0.25) is 0 Å². The third-order valence-electron chi connectivity index (χ3n) is 7.28. The van der Waals surface area contributed by atoms with Crippen molar-refractivity contribution in [1.29, 1.82) is 0 Å². The number of benzene rings is 2. The van der Waals surface area contributed by atoms with Gasteiger partial charge >= 0.3 is 0 Å².